The Kier molecular flexibility index (Phi) is 1.86. The lowest BCUT2D eigenvalue weighted by Gasteiger charge is -2.06. The molecule has 0 saturated heterocycles. The predicted molar refractivity (Wildman–Crippen MR) is 72.6 cm³/mol. The topological polar surface area (TPSA) is 17.6 Å². The van der Waals surface area contributed by atoms with Crippen LogP contribution in [0.1, 0.15) is 0 Å². The molecule has 0 N–H and O–H groups in total. The molecule has 2 nitrogen and oxygen atoms in total. The molecule has 0 aliphatic rings. The van der Waals surface area contributed by atoms with Crippen molar-refractivity contribution >= 4 is 16.4 Å². The van der Waals surface area contributed by atoms with Crippen LogP contribution in [-0.4, -0.2) is 4.40 Å². The zero-order chi connectivity index (χ0) is 11.9. The third-order valence-electron chi connectivity index (χ3n) is 3.33. The van der Waals surface area contributed by atoms with Crippen LogP contribution in [0.15, 0.2) is 71.5 Å². The van der Waals surface area contributed by atoms with Crippen LogP contribution in [0.4, 0.5) is 0 Å². The molecule has 0 aliphatic carbocycles. The molecular formula is C16H11NO. The summed E-state index contributed by atoms with van der Waals surface area (Å²) in [7, 11) is 0. The summed E-state index contributed by atoms with van der Waals surface area (Å²) in [5.41, 5.74) is 3.54. The van der Waals surface area contributed by atoms with Crippen LogP contribution in [0.5, 0.6) is 0 Å². The number of pyridine rings is 1. The highest BCUT2D eigenvalue weighted by Crippen LogP contribution is 2.29. The van der Waals surface area contributed by atoms with Crippen molar-refractivity contribution in [1.82, 2.24) is 4.40 Å². The maximum absolute atomic E-state index is 5.51. The van der Waals surface area contributed by atoms with Crippen LogP contribution >= 0.6 is 0 Å². The molecule has 18 heavy (non-hydrogen) atoms. The molecule has 4 rings (SSSR count). The van der Waals surface area contributed by atoms with Gasteiger partial charge >= 0.3 is 0 Å². The van der Waals surface area contributed by atoms with Crippen LogP contribution in [-0.2, 0) is 0 Å². The van der Waals surface area contributed by atoms with Gasteiger partial charge in [0.15, 0.2) is 0 Å². The molecule has 0 bridgehead atoms. The van der Waals surface area contributed by atoms with Gasteiger partial charge < -0.3 is 8.82 Å². The van der Waals surface area contributed by atoms with Crippen LogP contribution < -0.4 is 0 Å². The molecule has 2 heteroatoms. The lowest BCUT2D eigenvalue weighted by molar-refractivity contribution is 0.583. The minimum Gasteiger partial charge on any atom is -0.464 e. The molecule has 0 amide bonds. The molecule has 0 unspecified atom stereocenters. The minimum absolute atomic E-state index is 0.909. The molecule has 0 radical (unpaired) electrons. The lowest BCUT2D eigenvalue weighted by Crippen LogP contribution is -1.87. The summed E-state index contributed by atoms with van der Waals surface area (Å²) in [4.78, 5) is 0. The van der Waals surface area contributed by atoms with Gasteiger partial charge in [-0.25, -0.2) is 0 Å². The van der Waals surface area contributed by atoms with Crippen molar-refractivity contribution in [2.45, 2.75) is 0 Å². The van der Waals surface area contributed by atoms with E-state index in [0.717, 1.165) is 11.3 Å². The maximum Gasteiger partial charge on any atom is 0.134 e. The number of nitrogens with zero attached hydrogens (tertiary/aromatic N) is 1. The molecule has 3 aromatic heterocycles. The van der Waals surface area contributed by atoms with Gasteiger partial charge in [-0.1, -0.05) is 18.2 Å². The van der Waals surface area contributed by atoms with Crippen LogP contribution in [0, 0.1) is 0 Å². The number of furan rings is 1. The average Bonchev–Trinajstić information content (AvgIpc) is 3.09. The van der Waals surface area contributed by atoms with Crippen LogP contribution in [0.25, 0.3) is 27.7 Å². The molecule has 3 heterocycles. The summed E-state index contributed by atoms with van der Waals surface area (Å²) in [6.45, 7) is 0. The Morgan fingerprint density at radius 3 is 2.72 bits per heavy atom. The quantitative estimate of drug-likeness (QED) is 0.477. The monoisotopic (exact) mass is 233 g/mol. The highest BCUT2D eigenvalue weighted by atomic mass is 16.3. The van der Waals surface area contributed by atoms with E-state index in [1.165, 1.54) is 16.4 Å². The molecule has 0 aliphatic heterocycles. The number of fused-ring (bicyclic) bond motifs is 3. The highest BCUT2D eigenvalue weighted by Gasteiger charge is 2.07. The third-order valence-corrected chi connectivity index (χ3v) is 3.33. The van der Waals surface area contributed by atoms with E-state index in [1.54, 1.807) is 6.26 Å². The maximum atomic E-state index is 5.51. The Bertz CT molecular complexity index is 825. The molecule has 4 aromatic rings. The van der Waals surface area contributed by atoms with Gasteiger partial charge in [-0.3, -0.25) is 0 Å². The third kappa shape index (κ3) is 1.23. The summed E-state index contributed by atoms with van der Waals surface area (Å²) in [5, 5.41) is 1.20. The first-order valence-corrected chi connectivity index (χ1v) is 5.96. The van der Waals surface area contributed by atoms with Gasteiger partial charge in [0.25, 0.3) is 0 Å². The summed E-state index contributed by atoms with van der Waals surface area (Å²) in [6, 6.07) is 18.7. The van der Waals surface area contributed by atoms with E-state index in [1.807, 2.05) is 12.1 Å². The van der Waals surface area contributed by atoms with Gasteiger partial charge in [0.05, 0.1) is 11.8 Å². The normalized spacial score (nSPS) is 11.3. The Morgan fingerprint density at radius 2 is 1.83 bits per heavy atom. The second-order valence-electron chi connectivity index (χ2n) is 4.35. The second-order valence-corrected chi connectivity index (χ2v) is 4.35. The molecule has 0 spiro atoms. The van der Waals surface area contributed by atoms with Gasteiger partial charge in [0.1, 0.15) is 5.76 Å². The first-order valence-electron chi connectivity index (χ1n) is 5.96. The Balaban J connectivity index is 2.16. The summed E-state index contributed by atoms with van der Waals surface area (Å²) in [6.07, 6.45) is 3.80. The average molecular weight is 233 g/mol. The van der Waals surface area contributed by atoms with Crippen molar-refractivity contribution in [3.8, 4) is 11.3 Å². The summed E-state index contributed by atoms with van der Waals surface area (Å²) >= 11 is 0. The molecule has 0 atom stereocenters. The standard InChI is InChI=1S/C16H11NO/c1-5-14(16-7-3-11-18-16)13-9-8-12-4-2-10-17(12)15(13)6-1/h1-11H. The van der Waals surface area contributed by atoms with E-state index < -0.39 is 0 Å². The molecule has 0 fully saturated rings. The van der Waals surface area contributed by atoms with E-state index in [9.17, 15) is 0 Å². The number of hydrogen-bond acceptors (Lipinski definition) is 1. The zero-order valence-corrected chi connectivity index (χ0v) is 9.71. The first kappa shape index (κ1) is 9.54. The molecular weight excluding hydrogens is 222 g/mol. The second kappa shape index (κ2) is 3.50. The Morgan fingerprint density at radius 1 is 0.833 bits per heavy atom. The molecule has 86 valence electrons. The fraction of sp³-hybridized carbons (Fsp3) is 0. The number of hydrogen-bond donors (Lipinski definition) is 0. The molecule has 1 aromatic carbocycles. The van der Waals surface area contributed by atoms with Crippen molar-refractivity contribution in [3.63, 3.8) is 0 Å². The Hall–Kier alpha value is -2.48. The largest absolute Gasteiger partial charge is 0.464 e. The number of benzene rings is 1. The summed E-state index contributed by atoms with van der Waals surface area (Å²) in [5.74, 6) is 0.909. The van der Waals surface area contributed by atoms with Crippen molar-refractivity contribution < 1.29 is 4.42 Å². The van der Waals surface area contributed by atoms with Crippen molar-refractivity contribution in [3.05, 3.63) is 67.1 Å². The van der Waals surface area contributed by atoms with E-state index in [0.29, 0.717) is 0 Å². The van der Waals surface area contributed by atoms with Crippen molar-refractivity contribution in [2.75, 3.05) is 0 Å². The van der Waals surface area contributed by atoms with Gasteiger partial charge in [-0.15, -0.1) is 0 Å². The fourth-order valence-electron chi connectivity index (χ4n) is 2.50. The van der Waals surface area contributed by atoms with E-state index in [-0.39, 0.29) is 0 Å². The van der Waals surface area contributed by atoms with Crippen molar-refractivity contribution in [2.24, 2.45) is 0 Å². The number of rotatable bonds is 1. The van der Waals surface area contributed by atoms with Gasteiger partial charge in [-0.2, -0.15) is 0 Å². The van der Waals surface area contributed by atoms with E-state index in [4.69, 9.17) is 4.42 Å². The summed E-state index contributed by atoms with van der Waals surface area (Å²) < 4.78 is 7.71. The van der Waals surface area contributed by atoms with Gasteiger partial charge in [-0.05, 0) is 36.4 Å². The zero-order valence-electron chi connectivity index (χ0n) is 9.71. The van der Waals surface area contributed by atoms with E-state index in [2.05, 4.69) is 53.1 Å². The predicted octanol–water partition coefficient (Wildman–Crippen LogP) is 4.35. The van der Waals surface area contributed by atoms with Gasteiger partial charge in [0, 0.05) is 22.7 Å². The highest BCUT2D eigenvalue weighted by molar-refractivity contribution is 5.95. The fourth-order valence-corrected chi connectivity index (χ4v) is 2.50. The first-order chi connectivity index (χ1) is 8.93. The van der Waals surface area contributed by atoms with Gasteiger partial charge in [0.2, 0.25) is 0 Å². The van der Waals surface area contributed by atoms with E-state index >= 15 is 0 Å². The van der Waals surface area contributed by atoms with Crippen LogP contribution in [0.3, 0.4) is 0 Å². The minimum atomic E-state index is 0.909. The Labute approximate surface area is 104 Å². The van der Waals surface area contributed by atoms with Crippen molar-refractivity contribution in [1.29, 1.82) is 0 Å². The smallest absolute Gasteiger partial charge is 0.134 e. The number of aromatic nitrogens is 1. The molecule has 0 saturated carbocycles. The van der Waals surface area contributed by atoms with Crippen LogP contribution in [0.2, 0.25) is 0 Å². The lowest BCUT2D eigenvalue weighted by atomic mass is 10.1. The SMILES string of the molecule is c1coc(-c2cccc3c2ccc2cccn23)c1.